The third kappa shape index (κ3) is 3.55. The van der Waals surface area contributed by atoms with Gasteiger partial charge >= 0.3 is 0 Å². The summed E-state index contributed by atoms with van der Waals surface area (Å²) in [5, 5.41) is 0. The second-order valence-corrected chi connectivity index (χ2v) is 6.94. The molecule has 0 saturated carbocycles. The largest absolute Gasteiger partial charge is 0.330 e. The first-order valence-corrected chi connectivity index (χ1v) is 8.38. The number of piperidine rings is 1. The minimum Gasteiger partial charge on any atom is -0.330 e. The van der Waals surface area contributed by atoms with Gasteiger partial charge in [0.05, 0.1) is 4.90 Å². The summed E-state index contributed by atoms with van der Waals surface area (Å²) >= 11 is 0. The molecule has 1 aliphatic heterocycles. The fourth-order valence-electron chi connectivity index (χ4n) is 2.39. The monoisotopic (exact) mass is 282 g/mol. The molecule has 0 aliphatic carbocycles. The lowest BCUT2D eigenvalue weighted by Gasteiger charge is -2.25. The molecule has 5 heteroatoms. The van der Waals surface area contributed by atoms with E-state index in [1.807, 2.05) is 12.1 Å². The van der Waals surface area contributed by atoms with Crippen molar-refractivity contribution in [3.63, 3.8) is 0 Å². The van der Waals surface area contributed by atoms with E-state index < -0.39 is 10.0 Å². The van der Waals surface area contributed by atoms with Crippen molar-refractivity contribution >= 4 is 10.0 Å². The molecule has 1 fully saturated rings. The van der Waals surface area contributed by atoms with Crippen LogP contribution in [-0.4, -0.2) is 32.4 Å². The molecule has 1 aromatic rings. The van der Waals surface area contributed by atoms with E-state index in [1.54, 1.807) is 16.4 Å². The molecule has 4 nitrogen and oxygen atoms in total. The molecule has 2 rings (SSSR count). The summed E-state index contributed by atoms with van der Waals surface area (Å²) in [6.45, 7) is 1.96. The molecule has 2 N–H and O–H groups in total. The van der Waals surface area contributed by atoms with Crippen molar-refractivity contribution in [1.29, 1.82) is 0 Å². The quantitative estimate of drug-likeness (QED) is 0.895. The summed E-state index contributed by atoms with van der Waals surface area (Å²) in [5.41, 5.74) is 6.61. The third-order valence-corrected chi connectivity index (χ3v) is 5.46. The number of sulfonamides is 1. The SMILES string of the molecule is NCCCc1ccc(S(=O)(=O)N2CCCCC2)cc1. The molecule has 106 valence electrons. The van der Waals surface area contributed by atoms with Gasteiger partial charge in [0.15, 0.2) is 0 Å². The molecule has 0 amide bonds. The van der Waals surface area contributed by atoms with Crippen LogP contribution in [0.25, 0.3) is 0 Å². The van der Waals surface area contributed by atoms with Gasteiger partial charge in [-0.25, -0.2) is 8.42 Å². The van der Waals surface area contributed by atoms with Crippen LogP contribution >= 0.6 is 0 Å². The number of hydrogen-bond acceptors (Lipinski definition) is 3. The topological polar surface area (TPSA) is 63.4 Å². The number of benzene rings is 1. The summed E-state index contributed by atoms with van der Waals surface area (Å²) in [6.07, 6.45) is 4.89. The highest BCUT2D eigenvalue weighted by molar-refractivity contribution is 7.89. The molecule has 1 aliphatic rings. The third-order valence-electron chi connectivity index (χ3n) is 3.55. The summed E-state index contributed by atoms with van der Waals surface area (Å²) in [4.78, 5) is 0.408. The molecular weight excluding hydrogens is 260 g/mol. The smallest absolute Gasteiger partial charge is 0.243 e. The number of nitrogens with two attached hydrogens (primary N) is 1. The maximum Gasteiger partial charge on any atom is 0.243 e. The van der Waals surface area contributed by atoms with Gasteiger partial charge in [0.1, 0.15) is 0 Å². The molecule has 19 heavy (non-hydrogen) atoms. The van der Waals surface area contributed by atoms with Gasteiger partial charge in [0.25, 0.3) is 0 Å². The Morgan fingerprint density at radius 1 is 1.05 bits per heavy atom. The van der Waals surface area contributed by atoms with Gasteiger partial charge in [-0.2, -0.15) is 4.31 Å². The predicted molar refractivity (Wildman–Crippen MR) is 76.4 cm³/mol. The molecule has 0 bridgehead atoms. The lowest BCUT2D eigenvalue weighted by atomic mass is 10.1. The van der Waals surface area contributed by atoms with Crippen molar-refractivity contribution in [2.75, 3.05) is 19.6 Å². The van der Waals surface area contributed by atoms with Crippen LogP contribution in [0.4, 0.5) is 0 Å². The van der Waals surface area contributed by atoms with Crippen molar-refractivity contribution in [2.45, 2.75) is 37.0 Å². The minimum atomic E-state index is -3.29. The van der Waals surface area contributed by atoms with Crippen molar-refractivity contribution in [3.05, 3.63) is 29.8 Å². The van der Waals surface area contributed by atoms with E-state index in [1.165, 1.54) is 0 Å². The first-order valence-electron chi connectivity index (χ1n) is 6.94. The Labute approximate surface area is 115 Å². The zero-order valence-electron chi connectivity index (χ0n) is 11.2. The number of nitrogens with zero attached hydrogens (tertiary/aromatic N) is 1. The van der Waals surface area contributed by atoms with Crippen LogP contribution in [0, 0.1) is 0 Å². The van der Waals surface area contributed by atoms with Crippen molar-refractivity contribution in [1.82, 2.24) is 4.31 Å². The molecule has 0 unspecified atom stereocenters. The molecule has 0 spiro atoms. The normalized spacial score (nSPS) is 17.5. The molecule has 0 atom stereocenters. The highest BCUT2D eigenvalue weighted by atomic mass is 32.2. The summed E-state index contributed by atoms with van der Waals surface area (Å²) in [6, 6.07) is 7.23. The van der Waals surface area contributed by atoms with Gasteiger partial charge in [0, 0.05) is 13.1 Å². The predicted octanol–water partition coefficient (Wildman–Crippen LogP) is 1.75. The Kier molecular flexibility index (Phi) is 4.96. The highest BCUT2D eigenvalue weighted by Crippen LogP contribution is 2.21. The van der Waals surface area contributed by atoms with E-state index in [-0.39, 0.29) is 0 Å². The van der Waals surface area contributed by atoms with Gasteiger partial charge in [-0.05, 0) is 49.9 Å². The Morgan fingerprint density at radius 2 is 1.68 bits per heavy atom. The lowest BCUT2D eigenvalue weighted by Crippen LogP contribution is -2.35. The molecule has 1 saturated heterocycles. The standard InChI is InChI=1S/C14H22N2O2S/c15-10-4-5-13-6-8-14(9-7-13)19(17,18)16-11-2-1-3-12-16/h6-9H,1-5,10-12,15H2. The molecular formula is C14H22N2O2S. The van der Waals surface area contributed by atoms with Crippen LogP contribution in [0.15, 0.2) is 29.2 Å². The van der Waals surface area contributed by atoms with Crippen molar-refractivity contribution < 1.29 is 8.42 Å². The second-order valence-electron chi connectivity index (χ2n) is 5.00. The highest BCUT2D eigenvalue weighted by Gasteiger charge is 2.25. The Balaban J connectivity index is 2.11. The summed E-state index contributed by atoms with van der Waals surface area (Å²) in [7, 11) is -3.29. The van der Waals surface area contributed by atoms with E-state index in [9.17, 15) is 8.42 Å². The fourth-order valence-corrected chi connectivity index (χ4v) is 3.91. The van der Waals surface area contributed by atoms with Crippen LogP contribution in [-0.2, 0) is 16.4 Å². The lowest BCUT2D eigenvalue weighted by molar-refractivity contribution is 0.346. The van der Waals surface area contributed by atoms with Gasteiger partial charge in [-0.15, -0.1) is 0 Å². The van der Waals surface area contributed by atoms with E-state index in [2.05, 4.69) is 0 Å². The molecule has 1 heterocycles. The first-order chi connectivity index (χ1) is 9.14. The minimum absolute atomic E-state index is 0.408. The van der Waals surface area contributed by atoms with Crippen LogP contribution in [0.2, 0.25) is 0 Å². The van der Waals surface area contributed by atoms with E-state index in [4.69, 9.17) is 5.73 Å². The molecule has 0 radical (unpaired) electrons. The Bertz CT molecular complexity index is 491. The van der Waals surface area contributed by atoms with Crippen LogP contribution in [0.1, 0.15) is 31.2 Å². The average molecular weight is 282 g/mol. The van der Waals surface area contributed by atoms with Gasteiger partial charge in [-0.3, -0.25) is 0 Å². The summed E-state index contributed by atoms with van der Waals surface area (Å²) in [5.74, 6) is 0. The summed E-state index contributed by atoms with van der Waals surface area (Å²) < 4.78 is 26.4. The molecule has 1 aromatic carbocycles. The fraction of sp³-hybridized carbons (Fsp3) is 0.571. The maximum atomic E-state index is 12.4. The van der Waals surface area contributed by atoms with E-state index >= 15 is 0 Å². The van der Waals surface area contributed by atoms with Crippen LogP contribution < -0.4 is 5.73 Å². The van der Waals surface area contributed by atoms with E-state index in [0.29, 0.717) is 24.5 Å². The van der Waals surface area contributed by atoms with E-state index in [0.717, 1.165) is 37.7 Å². The van der Waals surface area contributed by atoms with Gasteiger partial charge in [-0.1, -0.05) is 18.6 Å². The van der Waals surface area contributed by atoms with Crippen LogP contribution in [0.5, 0.6) is 0 Å². The zero-order valence-corrected chi connectivity index (χ0v) is 12.0. The zero-order chi connectivity index (χ0) is 13.7. The molecule has 0 aromatic heterocycles. The second kappa shape index (κ2) is 6.50. The number of aryl methyl sites for hydroxylation is 1. The number of rotatable bonds is 5. The Morgan fingerprint density at radius 3 is 2.26 bits per heavy atom. The Hall–Kier alpha value is -0.910. The average Bonchev–Trinajstić information content (AvgIpc) is 2.46. The van der Waals surface area contributed by atoms with Gasteiger partial charge in [0.2, 0.25) is 10.0 Å². The van der Waals surface area contributed by atoms with Crippen molar-refractivity contribution in [2.24, 2.45) is 5.73 Å². The first kappa shape index (κ1) is 14.5. The number of hydrogen-bond donors (Lipinski definition) is 1. The van der Waals surface area contributed by atoms with Gasteiger partial charge < -0.3 is 5.73 Å². The maximum absolute atomic E-state index is 12.4. The van der Waals surface area contributed by atoms with Crippen LogP contribution in [0.3, 0.4) is 0 Å². The van der Waals surface area contributed by atoms with Crippen molar-refractivity contribution in [3.8, 4) is 0 Å².